The Hall–Kier alpha value is -0.0800. The third-order valence-corrected chi connectivity index (χ3v) is 5.79. The van der Waals surface area contributed by atoms with E-state index in [1.807, 2.05) is 0 Å². The standard InChI is InChI=1S/C17H34N2/c1-2-14-9-6-10-16(13-14)17(19-18)12-11-15-7-4-3-5-8-15/h14-17,19H,2-13,18H2,1H3. The molecule has 2 rings (SSSR count). The van der Waals surface area contributed by atoms with Gasteiger partial charge >= 0.3 is 0 Å². The van der Waals surface area contributed by atoms with Crippen molar-refractivity contribution in [2.45, 2.75) is 90.0 Å². The first-order valence-electron chi connectivity index (χ1n) is 8.79. The van der Waals surface area contributed by atoms with Gasteiger partial charge in [0.1, 0.15) is 0 Å². The highest BCUT2D eigenvalue weighted by atomic mass is 15.2. The molecule has 3 N–H and O–H groups in total. The van der Waals surface area contributed by atoms with Crippen molar-refractivity contribution in [2.24, 2.45) is 23.6 Å². The van der Waals surface area contributed by atoms with Crippen molar-refractivity contribution in [3.63, 3.8) is 0 Å². The van der Waals surface area contributed by atoms with Crippen molar-refractivity contribution in [2.75, 3.05) is 0 Å². The van der Waals surface area contributed by atoms with E-state index in [1.165, 1.54) is 77.0 Å². The molecule has 2 heteroatoms. The van der Waals surface area contributed by atoms with E-state index in [1.54, 1.807) is 0 Å². The van der Waals surface area contributed by atoms with Gasteiger partial charge in [-0.2, -0.15) is 0 Å². The monoisotopic (exact) mass is 266 g/mol. The van der Waals surface area contributed by atoms with Gasteiger partial charge in [0.05, 0.1) is 0 Å². The number of nitrogens with two attached hydrogens (primary N) is 1. The van der Waals surface area contributed by atoms with E-state index in [9.17, 15) is 0 Å². The summed E-state index contributed by atoms with van der Waals surface area (Å²) in [5, 5.41) is 0. The van der Waals surface area contributed by atoms with Crippen molar-refractivity contribution in [1.82, 2.24) is 5.43 Å². The first-order valence-corrected chi connectivity index (χ1v) is 8.79. The molecule has 112 valence electrons. The molecule has 3 unspecified atom stereocenters. The maximum absolute atomic E-state index is 5.86. The van der Waals surface area contributed by atoms with Gasteiger partial charge in [0.2, 0.25) is 0 Å². The third-order valence-electron chi connectivity index (χ3n) is 5.79. The maximum atomic E-state index is 5.86. The van der Waals surface area contributed by atoms with Crippen molar-refractivity contribution in [3.8, 4) is 0 Å². The van der Waals surface area contributed by atoms with E-state index in [4.69, 9.17) is 5.84 Å². The first-order chi connectivity index (χ1) is 9.33. The number of hydrazine groups is 1. The highest BCUT2D eigenvalue weighted by Crippen LogP contribution is 2.35. The Morgan fingerprint density at radius 2 is 1.74 bits per heavy atom. The van der Waals surface area contributed by atoms with Crippen molar-refractivity contribution in [1.29, 1.82) is 0 Å². The zero-order valence-corrected chi connectivity index (χ0v) is 12.9. The lowest BCUT2D eigenvalue weighted by Gasteiger charge is -2.35. The van der Waals surface area contributed by atoms with Crippen molar-refractivity contribution < 1.29 is 0 Å². The normalized spacial score (nSPS) is 31.3. The quantitative estimate of drug-likeness (QED) is 0.552. The minimum Gasteiger partial charge on any atom is -0.271 e. The molecular formula is C17H34N2. The van der Waals surface area contributed by atoms with Crippen LogP contribution < -0.4 is 11.3 Å². The fourth-order valence-electron chi connectivity index (χ4n) is 4.42. The minimum absolute atomic E-state index is 0.580. The third kappa shape index (κ3) is 4.75. The molecule has 0 heterocycles. The Morgan fingerprint density at radius 3 is 2.42 bits per heavy atom. The van der Waals surface area contributed by atoms with Gasteiger partial charge in [0.15, 0.2) is 0 Å². The maximum Gasteiger partial charge on any atom is 0.0238 e. The van der Waals surface area contributed by atoms with E-state index in [0.717, 1.165) is 17.8 Å². The molecule has 0 saturated heterocycles. The number of hydrogen-bond acceptors (Lipinski definition) is 2. The molecule has 2 aliphatic rings. The molecule has 3 atom stereocenters. The molecule has 2 aliphatic carbocycles. The summed E-state index contributed by atoms with van der Waals surface area (Å²) in [5.74, 6) is 8.65. The van der Waals surface area contributed by atoms with Crippen LogP contribution in [-0.4, -0.2) is 6.04 Å². The Labute approximate surface area is 119 Å². The van der Waals surface area contributed by atoms with Gasteiger partial charge in [-0.15, -0.1) is 0 Å². The second-order valence-corrected chi connectivity index (χ2v) is 7.06. The van der Waals surface area contributed by atoms with Gasteiger partial charge in [-0.3, -0.25) is 11.3 Å². The highest BCUT2D eigenvalue weighted by molar-refractivity contribution is 4.82. The van der Waals surface area contributed by atoms with Crippen LogP contribution in [0.3, 0.4) is 0 Å². The summed E-state index contributed by atoms with van der Waals surface area (Å²) >= 11 is 0. The van der Waals surface area contributed by atoms with E-state index >= 15 is 0 Å². The molecule has 2 saturated carbocycles. The average molecular weight is 266 g/mol. The van der Waals surface area contributed by atoms with Crippen LogP contribution in [0.4, 0.5) is 0 Å². The van der Waals surface area contributed by atoms with E-state index in [0.29, 0.717) is 6.04 Å². The molecule has 19 heavy (non-hydrogen) atoms. The second kappa shape index (κ2) is 8.26. The molecule has 0 aromatic heterocycles. The molecule has 0 aromatic rings. The van der Waals surface area contributed by atoms with Crippen molar-refractivity contribution >= 4 is 0 Å². The van der Waals surface area contributed by atoms with Crippen LogP contribution in [0.5, 0.6) is 0 Å². The van der Waals surface area contributed by atoms with Crippen molar-refractivity contribution in [3.05, 3.63) is 0 Å². The lowest BCUT2D eigenvalue weighted by atomic mass is 9.75. The Bertz CT molecular complexity index is 235. The van der Waals surface area contributed by atoms with Crippen LogP contribution in [0.25, 0.3) is 0 Å². The molecular weight excluding hydrogens is 232 g/mol. The molecule has 0 bridgehead atoms. The molecule has 0 amide bonds. The van der Waals surface area contributed by atoms with Gasteiger partial charge in [-0.1, -0.05) is 58.3 Å². The SMILES string of the molecule is CCC1CCCC(C(CCC2CCCCC2)NN)C1. The summed E-state index contributed by atoms with van der Waals surface area (Å²) in [6, 6.07) is 0.580. The molecule has 2 nitrogen and oxygen atoms in total. The zero-order valence-electron chi connectivity index (χ0n) is 12.9. The Balaban J connectivity index is 1.75. The summed E-state index contributed by atoms with van der Waals surface area (Å²) in [6.07, 6.45) is 17.1. The van der Waals surface area contributed by atoms with Crippen LogP contribution >= 0.6 is 0 Å². The Morgan fingerprint density at radius 1 is 1.00 bits per heavy atom. The smallest absolute Gasteiger partial charge is 0.0238 e. The van der Waals surface area contributed by atoms with Crippen LogP contribution in [0.15, 0.2) is 0 Å². The van der Waals surface area contributed by atoms with E-state index in [2.05, 4.69) is 12.3 Å². The summed E-state index contributed by atoms with van der Waals surface area (Å²) in [5.41, 5.74) is 3.16. The van der Waals surface area contributed by atoms with Crippen LogP contribution in [-0.2, 0) is 0 Å². The summed E-state index contributed by atoms with van der Waals surface area (Å²) in [4.78, 5) is 0. The predicted octanol–water partition coefficient (Wildman–Crippen LogP) is 4.40. The molecule has 2 fully saturated rings. The van der Waals surface area contributed by atoms with Gasteiger partial charge in [0.25, 0.3) is 0 Å². The number of nitrogens with one attached hydrogen (secondary N) is 1. The zero-order chi connectivity index (χ0) is 13.5. The summed E-state index contributed by atoms with van der Waals surface area (Å²) < 4.78 is 0. The minimum atomic E-state index is 0.580. The molecule has 0 aromatic carbocycles. The number of rotatable bonds is 6. The summed E-state index contributed by atoms with van der Waals surface area (Å²) in [6.45, 7) is 2.35. The second-order valence-electron chi connectivity index (χ2n) is 7.06. The van der Waals surface area contributed by atoms with Gasteiger partial charge in [-0.25, -0.2) is 0 Å². The fourth-order valence-corrected chi connectivity index (χ4v) is 4.42. The first kappa shape index (κ1) is 15.3. The fraction of sp³-hybridized carbons (Fsp3) is 1.00. The summed E-state index contributed by atoms with van der Waals surface area (Å²) in [7, 11) is 0. The number of hydrogen-bond donors (Lipinski definition) is 2. The predicted molar refractivity (Wildman–Crippen MR) is 82.7 cm³/mol. The van der Waals surface area contributed by atoms with Crippen LogP contribution in [0, 0.1) is 17.8 Å². The lowest BCUT2D eigenvalue weighted by molar-refractivity contribution is 0.191. The topological polar surface area (TPSA) is 38.0 Å². The Kier molecular flexibility index (Phi) is 6.66. The molecule has 0 spiro atoms. The van der Waals surface area contributed by atoms with Gasteiger partial charge in [0, 0.05) is 6.04 Å². The lowest BCUT2D eigenvalue weighted by Crippen LogP contribution is -2.42. The molecule has 0 aliphatic heterocycles. The van der Waals surface area contributed by atoms with Gasteiger partial charge in [-0.05, 0) is 43.4 Å². The highest BCUT2D eigenvalue weighted by Gasteiger charge is 2.27. The van der Waals surface area contributed by atoms with Crippen LogP contribution in [0.1, 0.15) is 84.0 Å². The van der Waals surface area contributed by atoms with E-state index in [-0.39, 0.29) is 0 Å². The largest absolute Gasteiger partial charge is 0.271 e. The van der Waals surface area contributed by atoms with Gasteiger partial charge < -0.3 is 0 Å². The molecule has 0 radical (unpaired) electrons. The average Bonchev–Trinajstić information content (AvgIpc) is 2.49. The van der Waals surface area contributed by atoms with E-state index < -0.39 is 0 Å². The van der Waals surface area contributed by atoms with Crippen LogP contribution in [0.2, 0.25) is 0 Å².